The molecule has 2 heterocycles. The zero-order valence-electron chi connectivity index (χ0n) is 4.81. The summed E-state index contributed by atoms with van der Waals surface area (Å²) in [6, 6.07) is 0. The molecular formula is C5H2N3O2. The molecule has 0 aliphatic carbocycles. The van der Waals surface area contributed by atoms with E-state index in [2.05, 4.69) is 30.7 Å². The number of oxazole rings is 1. The van der Waals surface area contributed by atoms with Gasteiger partial charge in [-0.3, -0.25) is 0 Å². The van der Waals surface area contributed by atoms with Gasteiger partial charge in [0.15, 0.2) is 12.0 Å². The van der Waals surface area contributed by atoms with Crippen molar-refractivity contribution in [3.05, 3.63) is 18.9 Å². The molecule has 0 aliphatic rings. The Labute approximate surface area is 55.7 Å². The van der Waals surface area contributed by atoms with E-state index in [0.717, 1.165) is 0 Å². The van der Waals surface area contributed by atoms with Crippen molar-refractivity contribution in [2.45, 2.75) is 0 Å². The molecule has 2 aromatic rings. The highest BCUT2D eigenvalue weighted by atomic mass is 16.5. The average Bonchev–Trinajstić information content (AvgIpc) is 2.59. The first kappa shape index (κ1) is 5.16. The molecule has 0 amide bonds. The summed E-state index contributed by atoms with van der Waals surface area (Å²) in [6.07, 6.45) is 5.08. The summed E-state index contributed by atoms with van der Waals surface area (Å²) in [4.78, 5) is 3.70. The van der Waals surface area contributed by atoms with Crippen LogP contribution in [0.1, 0.15) is 0 Å². The Morgan fingerprint density at radius 3 is 2.90 bits per heavy atom. The standard InChI is InChI=1S/C5H2N3O2/c1-4(6-3-9-1)5-2-10-8-7-5/h1-2H. The highest BCUT2D eigenvalue weighted by Crippen LogP contribution is 2.10. The molecule has 0 saturated carbocycles. The normalized spacial score (nSPS) is 10.0. The van der Waals surface area contributed by atoms with Crippen LogP contribution < -0.4 is 0 Å². The largest absolute Gasteiger partial charge is 0.440 e. The summed E-state index contributed by atoms with van der Waals surface area (Å²) in [7, 11) is 0. The Morgan fingerprint density at radius 1 is 1.30 bits per heavy atom. The third-order valence-corrected chi connectivity index (χ3v) is 1.01. The molecule has 49 valence electrons. The van der Waals surface area contributed by atoms with Gasteiger partial charge in [0.2, 0.25) is 0 Å². The highest BCUT2D eigenvalue weighted by Gasteiger charge is 2.03. The van der Waals surface area contributed by atoms with Crippen molar-refractivity contribution >= 4 is 0 Å². The van der Waals surface area contributed by atoms with E-state index in [1.54, 1.807) is 0 Å². The topological polar surface area (TPSA) is 65.0 Å². The SMILES string of the molecule is [c]1nc(-c2conn2)co1. The number of aromatic nitrogens is 3. The monoisotopic (exact) mass is 136 g/mol. The molecule has 2 aromatic heterocycles. The second-order valence-corrected chi connectivity index (χ2v) is 1.61. The summed E-state index contributed by atoms with van der Waals surface area (Å²) < 4.78 is 9.07. The number of rotatable bonds is 1. The van der Waals surface area contributed by atoms with Crippen LogP contribution in [-0.4, -0.2) is 15.4 Å². The van der Waals surface area contributed by atoms with Crippen molar-refractivity contribution in [2.75, 3.05) is 0 Å². The van der Waals surface area contributed by atoms with E-state index in [4.69, 9.17) is 0 Å². The molecule has 5 heteroatoms. The van der Waals surface area contributed by atoms with Crippen molar-refractivity contribution in [3.63, 3.8) is 0 Å². The zero-order valence-corrected chi connectivity index (χ0v) is 4.81. The van der Waals surface area contributed by atoms with Gasteiger partial charge >= 0.3 is 0 Å². The van der Waals surface area contributed by atoms with Gasteiger partial charge in [-0.2, -0.15) is 0 Å². The molecule has 0 fully saturated rings. The highest BCUT2D eigenvalue weighted by molar-refractivity contribution is 5.48. The number of nitrogens with zero attached hydrogens (tertiary/aromatic N) is 3. The van der Waals surface area contributed by atoms with Crippen molar-refractivity contribution in [1.82, 2.24) is 15.4 Å². The van der Waals surface area contributed by atoms with Gasteiger partial charge in [-0.05, 0) is 0 Å². The van der Waals surface area contributed by atoms with Crippen molar-refractivity contribution in [1.29, 1.82) is 0 Å². The molecule has 0 aromatic carbocycles. The fraction of sp³-hybridized carbons (Fsp3) is 0. The van der Waals surface area contributed by atoms with Gasteiger partial charge in [-0.15, -0.1) is 5.10 Å². The molecule has 0 atom stereocenters. The molecule has 5 nitrogen and oxygen atoms in total. The molecule has 1 radical (unpaired) electrons. The molecule has 0 aliphatic heterocycles. The van der Waals surface area contributed by atoms with Crippen molar-refractivity contribution in [3.8, 4) is 11.4 Å². The summed E-state index contributed by atoms with van der Waals surface area (Å²) in [5, 5.41) is 6.86. The summed E-state index contributed by atoms with van der Waals surface area (Å²) in [5.41, 5.74) is 1.12. The quantitative estimate of drug-likeness (QED) is 0.571. The lowest BCUT2D eigenvalue weighted by Gasteiger charge is -1.76. The first-order valence-electron chi connectivity index (χ1n) is 2.56. The minimum absolute atomic E-state index is 0.546. The van der Waals surface area contributed by atoms with E-state index >= 15 is 0 Å². The van der Waals surface area contributed by atoms with Crippen LogP contribution in [0.3, 0.4) is 0 Å². The van der Waals surface area contributed by atoms with Gasteiger partial charge < -0.3 is 8.94 Å². The van der Waals surface area contributed by atoms with E-state index in [1.807, 2.05) is 0 Å². The molecular weight excluding hydrogens is 134 g/mol. The summed E-state index contributed by atoms with van der Waals surface area (Å²) in [5.74, 6) is 0. The molecule has 10 heavy (non-hydrogen) atoms. The Kier molecular flexibility index (Phi) is 1.00. The van der Waals surface area contributed by atoms with Gasteiger partial charge in [0.1, 0.15) is 12.0 Å². The second kappa shape index (κ2) is 1.94. The molecule has 0 spiro atoms. The zero-order chi connectivity index (χ0) is 6.81. The van der Waals surface area contributed by atoms with Gasteiger partial charge in [0, 0.05) is 5.27 Å². The number of hydrogen-bond acceptors (Lipinski definition) is 5. The van der Waals surface area contributed by atoms with Crippen LogP contribution in [0.25, 0.3) is 11.4 Å². The van der Waals surface area contributed by atoms with Gasteiger partial charge in [-0.1, -0.05) is 0 Å². The minimum atomic E-state index is 0.546. The van der Waals surface area contributed by atoms with E-state index < -0.39 is 0 Å². The fourth-order valence-electron chi connectivity index (χ4n) is 0.578. The lowest BCUT2D eigenvalue weighted by Crippen LogP contribution is -1.75. The number of hydrogen-bond donors (Lipinski definition) is 0. The Hall–Kier alpha value is -1.65. The van der Waals surface area contributed by atoms with Gasteiger partial charge in [-0.25, -0.2) is 4.98 Å². The second-order valence-electron chi connectivity index (χ2n) is 1.61. The van der Waals surface area contributed by atoms with Crippen molar-refractivity contribution < 1.29 is 8.94 Å². The van der Waals surface area contributed by atoms with Crippen molar-refractivity contribution in [2.24, 2.45) is 0 Å². The molecule has 0 N–H and O–H groups in total. The van der Waals surface area contributed by atoms with E-state index in [1.165, 1.54) is 12.5 Å². The first-order chi connectivity index (χ1) is 4.97. The Balaban J connectivity index is 2.48. The van der Waals surface area contributed by atoms with E-state index in [9.17, 15) is 0 Å². The van der Waals surface area contributed by atoms with E-state index in [-0.39, 0.29) is 0 Å². The molecule has 0 saturated heterocycles. The molecule has 2 rings (SSSR count). The van der Waals surface area contributed by atoms with Crippen LogP contribution in [0, 0.1) is 6.39 Å². The van der Waals surface area contributed by atoms with Gasteiger partial charge in [0.25, 0.3) is 6.39 Å². The predicted molar refractivity (Wildman–Crippen MR) is 28.6 cm³/mol. The minimum Gasteiger partial charge on any atom is -0.440 e. The molecule has 0 bridgehead atoms. The summed E-state index contributed by atoms with van der Waals surface area (Å²) >= 11 is 0. The van der Waals surface area contributed by atoms with Crippen LogP contribution in [0.2, 0.25) is 0 Å². The van der Waals surface area contributed by atoms with Crippen LogP contribution in [0.4, 0.5) is 0 Å². The maximum Gasteiger partial charge on any atom is 0.284 e. The first-order valence-corrected chi connectivity index (χ1v) is 2.56. The third-order valence-electron chi connectivity index (χ3n) is 1.01. The Bertz CT molecular complexity index is 254. The van der Waals surface area contributed by atoms with Crippen LogP contribution >= 0.6 is 0 Å². The third kappa shape index (κ3) is 0.680. The molecule has 0 unspecified atom stereocenters. The van der Waals surface area contributed by atoms with E-state index in [0.29, 0.717) is 11.4 Å². The van der Waals surface area contributed by atoms with Crippen LogP contribution in [-0.2, 0) is 0 Å². The lowest BCUT2D eigenvalue weighted by molar-refractivity contribution is 0.393. The summed E-state index contributed by atoms with van der Waals surface area (Å²) in [6.45, 7) is 0. The van der Waals surface area contributed by atoms with Gasteiger partial charge in [0.05, 0.1) is 0 Å². The maximum atomic E-state index is 4.59. The average molecular weight is 136 g/mol. The Morgan fingerprint density at radius 2 is 2.30 bits per heavy atom. The van der Waals surface area contributed by atoms with Crippen LogP contribution in [0.15, 0.2) is 21.5 Å². The maximum absolute atomic E-state index is 4.59. The smallest absolute Gasteiger partial charge is 0.284 e. The lowest BCUT2D eigenvalue weighted by atomic mass is 10.4. The fourth-order valence-corrected chi connectivity index (χ4v) is 0.578. The predicted octanol–water partition coefficient (Wildman–Crippen LogP) is 0.525. The van der Waals surface area contributed by atoms with Crippen LogP contribution in [0.5, 0.6) is 0 Å².